The summed E-state index contributed by atoms with van der Waals surface area (Å²) in [5.41, 5.74) is 1.21. The van der Waals surface area contributed by atoms with Crippen molar-refractivity contribution in [2.24, 2.45) is 7.05 Å². The predicted molar refractivity (Wildman–Crippen MR) is 54.8 cm³/mol. The largest absolute Gasteiger partial charge is 0.366 e. The van der Waals surface area contributed by atoms with Crippen LogP contribution in [-0.4, -0.2) is 14.8 Å². The van der Waals surface area contributed by atoms with E-state index in [1.165, 1.54) is 5.56 Å². The average Bonchev–Trinajstić information content (AvgIpc) is 2.63. The molecule has 2 aromatic rings. The second kappa shape index (κ2) is 3.91. The first-order valence-electron chi connectivity index (χ1n) is 4.47. The van der Waals surface area contributed by atoms with Crippen molar-refractivity contribution in [3.8, 4) is 0 Å². The monoisotopic (exact) mass is 188 g/mol. The van der Waals surface area contributed by atoms with Gasteiger partial charge < -0.3 is 5.32 Å². The van der Waals surface area contributed by atoms with E-state index in [9.17, 15) is 0 Å². The minimum absolute atomic E-state index is 0.794. The molecule has 1 N–H and O–H groups in total. The van der Waals surface area contributed by atoms with Gasteiger partial charge in [-0.15, -0.1) is 0 Å². The highest BCUT2D eigenvalue weighted by atomic mass is 15.3. The van der Waals surface area contributed by atoms with Crippen LogP contribution in [0, 0.1) is 0 Å². The van der Waals surface area contributed by atoms with Gasteiger partial charge in [0.1, 0.15) is 5.82 Å². The number of nitrogens with zero attached hydrogens (tertiary/aromatic N) is 3. The molecule has 0 amide bonds. The zero-order chi connectivity index (χ0) is 9.80. The van der Waals surface area contributed by atoms with E-state index in [1.54, 1.807) is 23.3 Å². The van der Waals surface area contributed by atoms with Gasteiger partial charge in [0.25, 0.3) is 0 Å². The van der Waals surface area contributed by atoms with Crippen molar-refractivity contribution in [1.82, 2.24) is 14.8 Å². The molecule has 0 aliphatic rings. The zero-order valence-corrected chi connectivity index (χ0v) is 8.01. The summed E-state index contributed by atoms with van der Waals surface area (Å²) in [7, 11) is 1.91. The van der Waals surface area contributed by atoms with Crippen LogP contribution >= 0.6 is 0 Å². The summed E-state index contributed by atoms with van der Waals surface area (Å²) in [6.45, 7) is 0.794. The van der Waals surface area contributed by atoms with Crippen LogP contribution in [0.3, 0.4) is 0 Å². The van der Waals surface area contributed by atoms with Gasteiger partial charge in [-0.25, -0.2) is 0 Å². The normalized spacial score (nSPS) is 10.1. The summed E-state index contributed by atoms with van der Waals surface area (Å²) in [5.74, 6) is 1.02. The van der Waals surface area contributed by atoms with Crippen LogP contribution in [-0.2, 0) is 13.6 Å². The second-order valence-corrected chi connectivity index (χ2v) is 3.05. The SMILES string of the molecule is Cn1nccc1NCc1ccncc1. The summed E-state index contributed by atoms with van der Waals surface area (Å²) < 4.78 is 1.81. The molecule has 0 saturated heterocycles. The van der Waals surface area contributed by atoms with Crippen molar-refractivity contribution >= 4 is 5.82 Å². The Kier molecular flexibility index (Phi) is 2.44. The summed E-state index contributed by atoms with van der Waals surface area (Å²) >= 11 is 0. The Hall–Kier alpha value is -1.84. The number of rotatable bonds is 3. The van der Waals surface area contributed by atoms with Crippen molar-refractivity contribution < 1.29 is 0 Å². The smallest absolute Gasteiger partial charge is 0.124 e. The Morgan fingerprint density at radius 1 is 1.21 bits per heavy atom. The van der Waals surface area contributed by atoms with Crippen LogP contribution in [0.5, 0.6) is 0 Å². The molecule has 0 bridgehead atoms. The van der Waals surface area contributed by atoms with E-state index in [2.05, 4.69) is 15.4 Å². The molecule has 2 heterocycles. The number of aryl methyl sites for hydroxylation is 1. The lowest BCUT2D eigenvalue weighted by atomic mass is 10.3. The summed E-state index contributed by atoms with van der Waals surface area (Å²) in [6.07, 6.45) is 5.36. The zero-order valence-electron chi connectivity index (χ0n) is 8.01. The molecule has 2 rings (SSSR count). The van der Waals surface area contributed by atoms with E-state index in [4.69, 9.17) is 0 Å². The first-order valence-corrected chi connectivity index (χ1v) is 4.47. The average molecular weight is 188 g/mol. The fourth-order valence-electron chi connectivity index (χ4n) is 1.24. The minimum atomic E-state index is 0.794. The molecule has 0 saturated carbocycles. The third-order valence-corrected chi connectivity index (χ3v) is 2.04. The fraction of sp³-hybridized carbons (Fsp3) is 0.200. The number of pyridine rings is 1. The third kappa shape index (κ3) is 1.90. The Balaban J connectivity index is 1.99. The highest BCUT2D eigenvalue weighted by Gasteiger charge is 1.96. The lowest BCUT2D eigenvalue weighted by molar-refractivity contribution is 0.769. The first kappa shape index (κ1) is 8.74. The van der Waals surface area contributed by atoms with Crippen molar-refractivity contribution in [2.75, 3.05) is 5.32 Å². The van der Waals surface area contributed by atoms with Crippen molar-refractivity contribution in [3.05, 3.63) is 42.4 Å². The Bertz CT molecular complexity index is 394. The topological polar surface area (TPSA) is 42.7 Å². The van der Waals surface area contributed by atoms with Gasteiger partial charge in [-0.05, 0) is 17.7 Å². The maximum atomic E-state index is 4.07. The highest BCUT2D eigenvalue weighted by molar-refractivity contribution is 5.34. The summed E-state index contributed by atoms with van der Waals surface area (Å²) in [4.78, 5) is 3.96. The van der Waals surface area contributed by atoms with Crippen LogP contribution < -0.4 is 5.32 Å². The van der Waals surface area contributed by atoms with Gasteiger partial charge in [-0.1, -0.05) is 0 Å². The maximum Gasteiger partial charge on any atom is 0.124 e. The number of aromatic nitrogens is 3. The van der Waals surface area contributed by atoms with E-state index in [0.717, 1.165) is 12.4 Å². The highest BCUT2D eigenvalue weighted by Crippen LogP contribution is 2.06. The van der Waals surface area contributed by atoms with E-state index in [-0.39, 0.29) is 0 Å². The minimum Gasteiger partial charge on any atom is -0.366 e. The summed E-state index contributed by atoms with van der Waals surface area (Å²) in [6, 6.07) is 5.92. The maximum absolute atomic E-state index is 4.07. The molecule has 4 heteroatoms. The van der Waals surface area contributed by atoms with Crippen LogP contribution in [0.25, 0.3) is 0 Å². The molecule has 0 aromatic carbocycles. The molecule has 0 aliphatic carbocycles. The van der Waals surface area contributed by atoms with Crippen LogP contribution in [0.4, 0.5) is 5.82 Å². The van der Waals surface area contributed by atoms with Gasteiger partial charge in [0, 0.05) is 32.1 Å². The van der Waals surface area contributed by atoms with Crippen molar-refractivity contribution in [2.45, 2.75) is 6.54 Å². The Morgan fingerprint density at radius 2 is 2.00 bits per heavy atom. The standard InChI is InChI=1S/C10H12N4/c1-14-10(4-7-13-14)12-8-9-2-5-11-6-3-9/h2-7,12H,8H2,1H3. The molecule has 72 valence electrons. The second-order valence-electron chi connectivity index (χ2n) is 3.05. The van der Waals surface area contributed by atoms with Gasteiger partial charge in [-0.3, -0.25) is 9.67 Å². The van der Waals surface area contributed by atoms with Gasteiger partial charge in [-0.2, -0.15) is 5.10 Å². The predicted octanol–water partition coefficient (Wildman–Crippen LogP) is 1.43. The van der Waals surface area contributed by atoms with Gasteiger partial charge in [0.2, 0.25) is 0 Å². The lowest BCUT2D eigenvalue weighted by Gasteiger charge is -2.05. The van der Waals surface area contributed by atoms with E-state index >= 15 is 0 Å². The fourth-order valence-corrected chi connectivity index (χ4v) is 1.24. The van der Waals surface area contributed by atoms with Crippen LogP contribution in [0.15, 0.2) is 36.8 Å². The lowest BCUT2D eigenvalue weighted by Crippen LogP contribution is -2.04. The molecule has 14 heavy (non-hydrogen) atoms. The Morgan fingerprint density at radius 3 is 2.64 bits per heavy atom. The molecule has 2 aromatic heterocycles. The van der Waals surface area contributed by atoms with Gasteiger partial charge in [0.15, 0.2) is 0 Å². The quantitative estimate of drug-likeness (QED) is 0.792. The van der Waals surface area contributed by atoms with E-state index in [0.29, 0.717) is 0 Å². The number of nitrogens with one attached hydrogen (secondary N) is 1. The van der Waals surface area contributed by atoms with Gasteiger partial charge >= 0.3 is 0 Å². The molecule has 0 aliphatic heterocycles. The molecule has 0 unspecified atom stereocenters. The molecular weight excluding hydrogens is 176 g/mol. The number of hydrogen-bond donors (Lipinski definition) is 1. The van der Waals surface area contributed by atoms with E-state index in [1.807, 2.05) is 25.2 Å². The van der Waals surface area contributed by atoms with Crippen molar-refractivity contribution in [1.29, 1.82) is 0 Å². The third-order valence-electron chi connectivity index (χ3n) is 2.04. The molecule has 0 radical (unpaired) electrons. The molecule has 4 nitrogen and oxygen atoms in total. The van der Waals surface area contributed by atoms with Gasteiger partial charge in [0.05, 0.1) is 6.20 Å². The molecule has 0 atom stereocenters. The van der Waals surface area contributed by atoms with Crippen molar-refractivity contribution in [3.63, 3.8) is 0 Å². The number of hydrogen-bond acceptors (Lipinski definition) is 3. The molecule has 0 spiro atoms. The summed E-state index contributed by atoms with van der Waals surface area (Å²) in [5, 5.41) is 7.35. The number of anilines is 1. The molecular formula is C10H12N4. The van der Waals surface area contributed by atoms with Crippen LogP contribution in [0.2, 0.25) is 0 Å². The molecule has 0 fully saturated rings. The van der Waals surface area contributed by atoms with Crippen LogP contribution in [0.1, 0.15) is 5.56 Å². The Labute approximate surface area is 82.6 Å². The first-order chi connectivity index (χ1) is 6.86. The van der Waals surface area contributed by atoms with E-state index < -0.39 is 0 Å².